The topological polar surface area (TPSA) is 59.4 Å². The monoisotopic (exact) mass is 217 g/mol. The van der Waals surface area contributed by atoms with Crippen LogP contribution in [0.2, 0.25) is 0 Å². The number of aromatic nitrogens is 1. The van der Waals surface area contributed by atoms with Gasteiger partial charge in [0.05, 0.1) is 12.2 Å². The van der Waals surface area contributed by atoms with Gasteiger partial charge in [-0.15, -0.1) is 0 Å². The Morgan fingerprint density at radius 2 is 2.25 bits per heavy atom. The van der Waals surface area contributed by atoms with Crippen molar-refractivity contribution in [2.75, 3.05) is 6.61 Å². The van der Waals surface area contributed by atoms with Gasteiger partial charge in [0.15, 0.2) is 0 Å². The normalized spacial score (nSPS) is 10.3. The Morgan fingerprint density at radius 3 is 2.94 bits per heavy atom. The molecule has 1 aromatic heterocycles. The van der Waals surface area contributed by atoms with Crippen LogP contribution in [-0.2, 0) is 0 Å². The minimum absolute atomic E-state index is 0.242. The second kappa shape index (κ2) is 4.18. The number of hydrogen-bond donors (Lipinski definition) is 1. The zero-order chi connectivity index (χ0) is 11.5. The van der Waals surface area contributed by atoms with Gasteiger partial charge in [0.2, 0.25) is 0 Å². The molecule has 0 aliphatic rings. The first kappa shape index (κ1) is 10.4. The minimum Gasteiger partial charge on any atom is -0.492 e. The van der Waals surface area contributed by atoms with Crippen molar-refractivity contribution in [3.63, 3.8) is 0 Å². The van der Waals surface area contributed by atoms with E-state index in [-0.39, 0.29) is 5.56 Å². The number of hydrogen-bond acceptors (Lipinski definition) is 3. The van der Waals surface area contributed by atoms with Gasteiger partial charge < -0.3 is 9.84 Å². The zero-order valence-electron chi connectivity index (χ0n) is 8.80. The molecule has 4 nitrogen and oxygen atoms in total. The fourth-order valence-electron chi connectivity index (χ4n) is 1.61. The highest BCUT2D eigenvalue weighted by atomic mass is 16.5. The Balaban J connectivity index is 2.71. The van der Waals surface area contributed by atoms with E-state index in [1.165, 1.54) is 6.07 Å². The van der Waals surface area contributed by atoms with Crippen molar-refractivity contribution < 1.29 is 14.6 Å². The molecule has 0 saturated heterocycles. The Bertz CT molecular complexity index is 537. The SMILES string of the molecule is CCOc1ccc(C(=O)O)c2cccnc12. The molecule has 0 aliphatic carbocycles. The van der Waals surface area contributed by atoms with Crippen LogP contribution in [0.1, 0.15) is 17.3 Å². The molecule has 4 heteroatoms. The number of rotatable bonds is 3. The van der Waals surface area contributed by atoms with Gasteiger partial charge in [0, 0.05) is 11.6 Å². The van der Waals surface area contributed by atoms with E-state index in [2.05, 4.69) is 4.98 Å². The maximum atomic E-state index is 11.0. The summed E-state index contributed by atoms with van der Waals surface area (Å²) in [6, 6.07) is 6.62. The average molecular weight is 217 g/mol. The van der Waals surface area contributed by atoms with E-state index in [0.717, 1.165) is 0 Å². The molecule has 0 bridgehead atoms. The number of pyridine rings is 1. The number of benzene rings is 1. The maximum Gasteiger partial charge on any atom is 0.336 e. The first-order valence-corrected chi connectivity index (χ1v) is 4.98. The highest BCUT2D eigenvalue weighted by Gasteiger charge is 2.12. The smallest absolute Gasteiger partial charge is 0.336 e. The van der Waals surface area contributed by atoms with Crippen molar-refractivity contribution in [3.8, 4) is 5.75 Å². The molecule has 16 heavy (non-hydrogen) atoms. The van der Waals surface area contributed by atoms with E-state index in [0.29, 0.717) is 23.3 Å². The van der Waals surface area contributed by atoms with Crippen LogP contribution in [0.15, 0.2) is 30.5 Å². The molecular weight excluding hydrogens is 206 g/mol. The summed E-state index contributed by atoms with van der Waals surface area (Å²) in [6.45, 7) is 2.40. The van der Waals surface area contributed by atoms with Crippen molar-refractivity contribution in [1.82, 2.24) is 4.98 Å². The van der Waals surface area contributed by atoms with Gasteiger partial charge in [-0.3, -0.25) is 4.98 Å². The summed E-state index contributed by atoms with van der Waals surface area (Å²) in [5, 5.41) is 9.63. The Morgan fingerprint density at radius 1 is 1.44 bits per heavy atom. The van der Waals surface area contributed by atoms with E-state index in [4.69, 9.17) is 9.84 Å². The fourth-order valence-corrected chi connectivity index (χ4v) is 1.61. The van der Waals surface area contributed by atoms with Gasteiger partial charge in [-0.05, 0) is 25.1 Å². The number of fused-ring (bicyclic) bond motifs is 1. The number of carboxylic acid groups (broad SMARTS) is 1. The molecule has 0 unspecified atom stereocenters. The quantitative estimate of drug-likeness (QED) is 0.857. The van der Waals surface area contributed by atoms with Gasteiger partial charge in [0.1, 0.15) is 11.3 Å². The van der Waals surface area contributed by atoms with Crippen molar-refractivity contribution in [1.29, 1.82) is 0 Å². The summed E-state index contributed by atoms with van der Waals surface area (Å²) in [5.41, 5.74) is 0.829. The molecule has 0 radical (unpaired) electrons. The van der Waals surface area contributed by atoms with Crippen LogP contribution in [0.3, 0.4) is 0 Å². The molecule has 82 valence electrons. The lowest BCUT2D eigenvalue weighted by molar-refractivity contribution is 0.0699. The Kier molecular flexibility index (Phi) is 2.72. The lowest BCUT2D eigenvalue weighted by atomic mass is 10.1. The molecule has 2 rings (SSSR count). The molecule has 2 aromatic rings. The van der Waals surface area contributed by atoms with Gasteiger partial charge in [-0.2, -0.15) is 0 Å². The Hall–Kier alpha value is -2.10. The highest BCUT2D eigenvalue weighted by molar-refractivity contribution is 6.04. The van der Waals surface area contributed by atoms with Crippen LogP contribution in [0, 0.1) is 0 Å². The maximum absolute atomic E-state index is 11.0. The van der Waals surface area contributed by atoms with E-state index >= 15 is 0 Å². The summed E-state index contributed by atoms with van der Waals surface area (Å²) in [4.78, 5) is 15.2. The fraction of sp³-hybridized carbons (Fsp3) is 0.167. The van der Waals surface area contributed by atoms with Crippen molar-refractivity contribution in [2.24, 2.45) is 0 Å². The Labute approximate surface area is 92.5 Å². The average Bonchev–Trinajstić information content (AvgIpc) is 2.29. The van der Waals surface area contributed by atoms with Crippen LogP contribution in [0.5, 0.6) is 5.75 Å². The molecule has 0 atom stereocenters. The molecule has 0 spiro atoms. The summed E-state index contributed by atoms with van der Waals surface area (Å²) in [7, 11) is 0. The third-order valence-corrected chi connectivity index (χ3v) is 2.26. The van der Waals surface area contributed by atoms with E-state index in [9.17, 15) is 4.79 Å². The third-order valence-electron chi connectivity index (χ3n) is 2.26. The van der Waals surface area contributed by atoms with Gasteiger partial charge in [-0.25, -0.2) is 4.79 Å². The molecule has 0 saturated carbocycles. The number of nitrogens with zero attached hydrogens (tertiary/aromatic N) is 1. The van der Waals surface area contributed by atoms with Crippen LogP contribution >= 0.6 is 0 Å². The molecule has 0 aliphatic heterocycles. The molecule has 1 aromatic carbocycles. The highest BCUT2D eigenvalue weighted by Crippen LogP contribution is 2.26. The number of aromatic carboxylic acids is 1. The molecule has 1 N–H and O–H groups in total. The number of carbonyl (C=O) groups is 1. The van der Waals surface area contributed by atoms with Gasteiger partial charge in [0.25, 0.3) is 0 Å². The largest absolute Gasteiger partial charge is 0.492 e. The third kappa shape index (κ3) is 1.69. The summed E-state index contributed by atoms with van der Waals surface area (Å²) in [6.07, 6.45) is 1.62. The van der Waals surface area contributed by atoms with E-state index in [1.807, 2.05) is 6.92 Å². The van der Waals surface area contributed by atoms with Crippen molar-refractivity contribution in [3.05, 3.63) is 36.0 Å². The van der Waals surface area contributed by atoms with E-state index in [1.54, 1.807) is 24.4 Å². The van der Waals surface area contributed by atoms with Crippen LogP contribution in [0.4, 0.5) is 0 Å². The lowest BCUT2D eigenvalue weighted by Gasteiger charge is -2.08. The zero-order valence-corrected chi connectivity index (χ0v) is 8.80. The van der Waals surface area contributed by atoms with E-state index < -0.39 is 5.97 Å². The molecule has 0 amide bonds. The van der Waals surface area contributed by atoms with Gasteiger partial charge >= 0.3 is 5.97 Å². The van der Waals surface area contributed by atoms with Crippen LogP contribution in [0.25, 0.3) is 10.9 Å². The summed E-state index contributed by atoms with van der Waals surface area (Å²) >= 11 is 0. The van der Waals surface area contributed by atoms with Gasteiger partial charge in [-0.1, -0.05) is 6.07 Å². The predicted octanol–water partition coefficient (Wildman–Crippen LogP) is 2.33. The van der Waals surface area contributed by atoms with Crippen LogP contribution in [-0.4, -0.2) is 22.7 Å². The second-order valence-electron chi connectivity index (χ2n) is 3.25. The van der Waals surface area contributed by atoms with Crippen molar-refractivity contribution >= 4 is 16.9 Å². The first-order valence-electron chi connectivity index (χ1n) is 4.98. The summed E-state index contributed by atoms with van der Waals surface area (Å²) < 4.78 is 5.40. The molecule has 1 heterocycles. The predicted molar refractivity (Wildman–Crippen MR) is 59.9 cm³/mol. The second-order valence-corrected chi connectivity index (χ2v) is 3.25. The molecular formula is C12H11NO3. The number of carboxylic acids is 1. The number of ether oxygens (including phenoxy) is 1. The standard InChI is InChI=1S/C12H11NO3/c1-2-16-10-6-5-9(12(14)15)8-4-3-7-13-11(8)10/h3-7H,2H2,1H3,(H,14,15). The van der Waals surface area contributed by atoms with Crippen LogP contribution < -0.4 is 4.74 Å². The summed E-state index contributed by atoms with van der Waals surface area (Å²) in [5.74, 6) is -0.343. The van der Waals surface area contributed by atoms with Crippen molar-refractivity contribution in [2.45, 2.75) is 6.92 Å². The lowest BCUT2D eigenvalue weighted by Crippen LogP contribution is -2.00. The molecule has 0 fully saturated rings. The first-order chi connectivity index (χ1) is 7.74. The minimum atomic E-state index is -0.957.